The lowest BCUT2D eigenvalue weighted by atomic mass is 10.2. The third-order valence-electron chi connectivity index (χ3n) is 3.58. The highest BCUT2D eigenvalue weighted by Gasteiger charge is 2.29. The number of benzene rings is 1. The maximum Gasteiger partial charge on any atom is 0.244 e. The van der Waals surface area contributed by atoms with Crippen LogP contribution in [0.4, 0.5) is 0 Å². The molecule has 0 amide bonds. The van der Waals surface area contributed by atoms with Gasteiger partial charge in [-0.2, -0.15) is 4.31 Å². The quantitative estimate of drug-likeness (QED) is 0.712. The highest BCUT2D eigenvalue weighted by Crippen LogP contribution is 2.26. The molecule has 0 aromatic heterocycles. The number of carboxylic acid groups (broad SMARTS) is 1. The molecule has 0 spiro atoms. The fourth-order valence-corrected chi connectivity index (χ4v) is 4.84. The number of carbonyl (C=O) groups excluding carboxylic acids is 1. The fourth-order valence-electron chi connectivity index (χ4n) is 2.33. The minimum atomic E-state index is -3.62. The second-order valence-electron chi connectivity index (χ2n) is 5.15. The predicted octanol–water partition coefficient (Wildman–Crippen LogP) is -1.28. The Hall–Kier alpha value is -0.960. The van der Waals surface area contributed by atoms with E-state index in [4.69, 9.17) is 0 Å². The zero-order valence-corrected chi connectivity index (χ0v) is 14.0. The van der Waals surface area contributed by atoms with E-state index in [9.17, 15) is 18.3 Å². The Bertz CT molecular complexity index is 648. The first-order valence-corrected chi connectivity index (χ1v) is 8.88. The van der Waals surface area contributed by atoms with Crippen LogP contribution in [0.3, 0.4) is 0 Å². The van der Waals surface area contributed by atoms with Gasteiger partial charge >= 0.3 is 0 Å². The monoisotopic (exact) mass is 376 g/mol. The number of nitrogens with one attached hydrogen (secondary N) is 1. The molecule has 1 N–H and O–H groups in total. The summed E-state index contributed by atoms with van der Waals surface area (Å²) in [5, 5.41) is 10.8. The summed E-state index contributed by atoms with van der Waals surface area (Å²) >= 11 is 3.15. The van der Waals surface area contributed by atoms with E-state index in [0.29, 0.717) is 13.1 Å². The first kappa shape index (κ1) is 16.4. The standard InChI is InChI=1S/C13H17BrN2O4S/c1-15-5-2-6-16(8-7-15)21(19,20)12-4-3-10(13(17)18)9-11(12)14/h3-4,9H,2,5-8H2,1H3,(H,17,18). The number of rotatable bonds is 3. The van der Waals surface area contributed by atoms with Gasteiger partial charge in [0.15, 0.2) is 0 Å². The molecule has 21 heavy (non-hydrogen) atoms. The van der Waals surface area contributed by atoms with E-state index in [2.05, 4.69) is 15.9 Å². The topological polar surface area (TPSA) is 82.0 Å². The maximum atomic E-state index is 12.7. The fraction of sp³-hybridized carbons (Fsp3) is 0.462. The van der Waals surface area contributed by atoms with Crippen molar-refractivity contribution in [1.82, 2.24) is 4.31 Å². The summed E-state index contributed by atoms with van der Waals surface area (Å²) in [6.07, 6.45) is 0.805. The molecule has 2 rings (SSSR count). The molecule has 8 heteroatoms. The molecular formula is C13H17BrN2O4S. The molecule has 1 saturated heterocycles. The second kappa shape index (κ2) is 6.43. The SMILES string of the molecule is C[NH+]1CCCN(S(=O)(=O)c2ccc(C(=O)[O-])cc2Br)CC1. The van der Waals surface area contributed by atoms with Crippen molar-refractivity contribution in [1.29, 1.82) is 0 Å². The molecular weight excluding hydrogens is 360 g/mol. The Morgan fingerprint density at radius 1 is 1.33 bits per heavy atom. The predicted molar refractivity (Wildman–Crippen MR) is 78.5 cm³/mol. The zero-order chi connectivity index (χ0) is 15.6. The Kier molecular flexibility index (Phi) is 5.03. The van der Waals surface area contributed by atoms with Gasteiger partial charge in [-0.1, -0.05) is 6.07 Å². The van der Waals surface area contributed by atoms with Crippen molar-refractivity contribution < 1.29 is 23.2 Å². The van der Waals surface area contributed by atoms with E-state index >= 15 is 0 Å². The Morgan fingerprint density at radius 3 is 2.67 bits per heavy atom. The summed E-state index contributed by atoms with van der Waals surface area (Å²) in [4.78, 5) is 12.2. The molecule has 0 bridgehead atoms. The van der Waals surface area contributed by atoms with Crippen LogP contribution in [0.5, 0.6) is 0 Å². The molecule has 6 nitrogen and oxygen atoms in total. The lowest BCUT2D eigenvalue weighted by Crippen LogP contribution is -3.09. The number of hydrogen-bond acceptors (Lipinski definition) is 4. The molecule has 1 atom stereocenters. The van der Waals surface area contributed by atoms with Crippen LogP contribution in [-0.4, -0.2) is 51.9 Å². The summed E-state index contributed by atoms with van der Waals surface area (Å²) in [7, 11) is -1.58. The minimum absolute atomic E-state index is 0.0548. The summed E-state index contributed by atoms with van der Waals surface area (Å²) in [5.74, 6) is -1.33. The van der Waals surface area contributed by atoms with E-state index < -0.39 is 16.0 Å². The maximum absolute atomic E-state index is 12.7. The molecule has 1 aromatic carbocycles. The van der Waals surface area contributed by atoms with Crippen molar-refractivity contribution in [3.05, 3.63) is 28.2 Å². The van der Waals surface area contributed by atoms with Gasteiger partial charge in [0.05, 0.1) is 37.5 Å². The van der Waals surface area contributed by atoms with Crippen molar-refractivity contribution in [3.8, 4) is 0 Å². The molecule has 1 unspecified atom stereocenters. The molecule has 1 heterocycles. The number of quaternary nitrogens is 1. The number of carboxylic acids is 1. The number of carbonyl (C=O) groups is 1. The van der Waals surface area contributed by atoms with Crippen molar-refractivity contribution in [2.75, 3.05) is 33.2 Å². The van der Waals surface area contributed by atoms with Gasteiger partial charge in [0.25, 0.3) is 0 Å². The first-order chi connectivity index (χ1) is 9.82. The van der Waals surface area contributed by atoms with Gasteiger partial charge < -0.3 is 14.8 Å². The number of hydrogen-bond donors (Lipinski definition) is 1. The second-order valence-corrected chi connectivity index (χ2v) is 7.91. The van der Waals surface area contributed by atoms with Gasteiger partial charge in [0.2, 0.25) is 10.0 Å². The van der Waals surface area contributed by atoms with E-state index in [1.54, 1.807) is 0 Å². The summed E-state index contributed by atoms with van der Waals surface area (Å²) < 4.78 is 27.0. The Labute approximate surface area is 132 Å². The summed E-state index contributed by atoms with van der Waals surface area (Å²) in [6.45, 7) is 2.64. The van der Waals surface area contributed by atoms with Crippen LogP contribution < -0.4 is 10.0 Å². The first-order valence-electron chi connectivity index (χ1n) is 6.64. The minimum Gasteiger partial charge on any atom is -0.545 e. The van der Waals surface area contributed by atoms with Crippen molar-refractivity contribution in [2.45, 2.75) is 11.3 Å². The van der Waals surface area contributed by atoms with Crippen LogP contribution in [0.15, 0.2) is 27.6 Å². The number of sulfonamides is 1. The van der Waals surface area contributed by atoms with Crippen molar-refractivity contribution >= 4 is 31.9 Å². The average Bonchev–Trinajstić information content (AvgIpc) is 2.63. The van der Waals surface area contributed by atoms with Gasteiger partial charge in [0.1, 0.15) is 0 Å². The molecule has 116 valence electrons. The van der Waals surface area contributed by atoms with Gasteiger partial charge in [-0.3, -0.25) is 0 Å². The lowest BCUT2D eigenvalue weighted by Gasteiger charge is -2.20. The van der Waals surface area contributed by atoms with E-state index in [0.717, 1.165) is 19.5 Å². The van der Waals surface area contributed by atoms with Crippen molar-refractivity contribution in [2.24, 2.45) is 0 Å². The molecule has 1 aromatic rings. The summed E-state index contributed by atoms with van der Waals surface area (Å²) in [6, 6.07) is 3.82. The van der Waals surface area contributed by atoms with Crippen molar-refractivity contribution in [3.63, 3.8) is 0 Å². The Morgan fingerprint density at radius 2 is 2.05 bits per heavy atom. The van der Waals surface area contributed by atoms with Crippen LogP contribution in [0.1, 0.15) is 16.8 Å². The van der Waals surface area contributed by atoms with Gasteiger partial charge in [-0.15, -0.1) is 0 Å². The molecule has 0 radical (unpaired) electrons. The van der Waals surface area contributed by atoms with Crippen LogP contribution in [-0.2, 0) is 10.0 Å². The molecule has 1 aliphatic rings. The number of nitrogens with zero attached hydrogens (tertiary/aromatic N) is 1. The van der Waals surface area contributed by atoms with Crippen LogP contribution >= 0.6 is 15.9 Å². The molecule has 1 aliphatic heterocycles. The number of likely N-dealkylation sites (N-methyl/N-ethyl adjacent to an activating group) is 1. The van der Waals surface area contributed by atoms with Crippen LogP contribution in [0, 0.1) is 0 Å². The normalized spacial score (nSPS) is 21.0. The third kappa shape index (κ3) is 3.63. The molecule has 1 fully saturated rings. The highest BCUT2D eigenvalue weighted by molar-refractivity contribution is 9.10. The van der Waals surface area contributed by atoms with Gasteiger partial charge in [-0.25, -0.2) is 8.42 Å². The van der Waals surface area contributed by atoms with Crippen LogP contribution in [0.2, 0.25) is 0 Å². The Balaban J connectivity index is 2.33. The number of halogens is 1. The largest absolute Gasteiger partial charge is 0.545 e. The average molecular weight is 377 g/mol. The van der Waals surface area contributed by atoms with Gasteiger partial charge in [-0.05, 0) is 33.6 Å². The lowest BCUT2D eigenvalue weighted by molar-refractivity contribution is -0.877. The molecule has 0 aliphatic carbocycles. The van der Waals surface area contributed by atoms with Crippen LogP contribution in [0.25, 0.3) is 0 Å². The van der Waals surface area contributed by atoms with E-state index in [1.165, 1.54) is 27.4 Å². The highest BCUT2D eigenvalue weighted by atomic mass is 79.9. The van der Waals surface area contributed by atoms with E-state index in [1.807, 2.05) is 7.05 Å². The smallest absolute Gasteiger partial charge is 0.244 e. The van der Waals surface area contributed by atoms with E-state index in [-0.39, 0.29) is 14.9 Å². The third-order valence-corrected chi connectivity index (χ3v) is 6.46. The zero-order valence-electron chi connectivity index (χ0n) is 11.6. The van der Waals surface area contributed by atoms with Gasteiger partial charge in [0, 0.05) is 17.4 Å². The summed E-state index contributed by atoms with van der Waals surface area (Å²) in [5.41, 5.74) is -0.0548. The molecule has 0 saturated carbocycles. The number of aromatic carboxylic acids is 1.